The van der Waals surface area contributed by atoms with Gasteiger partial charge >= 0.3 is 0 Å². The van der Waals surface area contributed by atoms with Gasteiger partial charge in [0.2, 0.25) is 0 Å². The summed E-state index contributed by atoms with van der Waals surface area (Å²) < 4.78 is 16.5. The van der Waals surface area contributed by atoms with Crippen LogP contribution in [0.3, 0.4) is 0 Å². The van der Waals surface area contributed by atoms with Gasteiger partial charge in [-0.15, -0.1) is 10.2 Å². The van der Waals surface area contributed by atoms with Crippen molar-refractivity contribution in [1.29, 1.82) is 0 Å². The molecule has 0 amide bonds. The first kappa shape index (κ1) is 25.9. The molecule has 7 nitrogen and oxygen atoms in total. The van der Waals surface area contributed by atoms with Crippen LogP contribution < -0.4 is 19.5 Å². The van der Waals surface area contributed by atoms with Crippen molar-refractivity contribution >= 4 is 27.4 Å². The number of piperidine rings is 1. The van der Waals surface area contributed by atoms with Gasteiger partial charge in [0, 0.05) is 48.1 Å². The largest absolute Gasteiger partial charge is 0.497 e. The van der Waals surface area contributed by atoms with Crippen molar-refractivity contribution in [3.8, 4) is 28.5 Å². The third kappa shape index (κ3) is 5.38. The van der Waals surface area contributed by atoms with Crippen molar-refractivity contribution in [2.75, 3.05) is 39.7 Å². The number of hydrogen-bond donors (Lipinski definition) is 1. The smallest absolute Gasteiger partial charge is 0.156 e. The highest BCUT2D eigenvalue weighted by molar-refractivity contribution is 6.01. The first-order valence-corrected chi connectivity index (χ1v) is 13.7. The molecule has 0 atom stereocenters. The minimum absolute atomic E-state index is 0.319. The summed E-state index contributed by atoms with van der Waals surface area (Å²) in [6.07, 6.45) is 2.07. The van der Waals surface area contributed by atoms with E-state index in [4.69, 9.17) is 14.2 Å². The van der Waals surface area contributed by atoms with Crippen LogP contribution in [-0.4, -0.2) is 55.6 Å². The Morgan fingerprint density at radius 3 is 2.17 bits per heavy atom. The summed E-state index contributed by atoms with van der Waals surface area (Å²) in [6.45, 7) is 3.03. The van der Waals surface area contributed by atoms with Crippen LogP contribution in [-0.2, 0) is 6.54 Å². The van der Waals surface area contributed by atoms with E-state index >= 15 is 0 Å². The fourth-order valence-electron chi connectivity index (χ4n) is 5.55. The molecule has 1 saturated heterocycles. The number of rotatable bonds is 8. The minimum atomic E-state index is 0.319. The summed E-state index contributed by atoms with van der Waals surface area (Å²) in [7, 11) is 4.97. The van der Waals surface area contributed by atoms with Gasteiger partial charge in [-0.2, -0.15) is 0 Å². The number of hydrogen-bond acceptors (Lipinski definition) is 7. The molecule has 4 aromatic carbocycles. The Hall–Kier alpha value is -4.36. The molecule has 0 bridgehead atoms. The Balaban J connectivity index is 1.21. The fraction of sp³-hybridized carbons (Fsp3) is 0.273. The van der Waals surface area contributed by atoms with Crippen LogP contribution in [0.5, 0.6) is 17.2 Å². The van der Waals surface area contributed by atoms with E-state index in [1.165, 1.54) is 16.3 Å². The Kier molecular flexibility index (Phi) is 7.38. The SMILES string of the molecule is COc1cc(OC)cc(-c2nnc(NC3CCN(Cc4ccc5ccccc5c4)CC3)c3cc(OC)ccc23)c1. The molecule has 5 aromatic rings. The molecular weight excluding hydrogens is 500 g/mol. The number of likely N-dealkylation sites (tertiary alicyclic amines) is 1. The van der Waals surface area contributed by atoms with Gasteiger partial charge in [0.25, 0.3) is 0 Å². The van der Waals surface area contributed by atoms with Crippen molar-refractivity contribution in [3.63, 3.8) is 0 Å². The highest BCUT2D eigenvalue weighted by Crippen LogP contribution is 2.36. The van der Waals surface area contributed by atoms with Gasteiger partial charge in [0.15, 0.2) is 5.82 Å². The number of fused-ring (bicyclic) bond motifs is 2. The molecule has 204 valence electrons. The van der Waals surface area contributed by atoms with Gasteiger partial charge in [-0.25, -0.2) is 0 Å². The average molecular weight is 535 g/mol. The van der Waals surface area contributed by atoms with Crippen LogP contribution in [0.15, 0.2) is 78.9 Å². The standard InChI is InChI=1S/C33H34N4O3/c1-38-27-10-11-30-31(20-27)33(36-35-32(30)25-17-28(39-2)19-29(18-25)40-3)34-26-12-14-37(15-13-26)21-22-8-9-23-6-4-5-7-24(23)16-22/h4-11,16-20,26H,12-15,21H2,1-3H3,(H,34,36). The third-order valence-corrected chi connectivity index (χ3v) is 7.76. The Labute approximate surface area is 234 Å². The van der Waals surface area contributed by atoms with E-state index in [9.17, 15) is 0 Å². The van der Waals surface area contributed by atoms with Gasteiger partial charge in [-0.3, -0.25) is 4.90 Å². The average Bonchev–Trinajstić information content (AvgIpc) is 3.01. The van der Waals surface area contributed by atoms with E-state index in [0.29, 0.717) is 17.5 Å². The summed E-state index contributed by atoms with van der Waals surface area (Å²) in [6, 6.07) is 27.4. The number of benzene rings is 4. The highest BCUT2D eigenvalue weighted by atomic mass is 16.5. The van der Waals surface area contributed by atoms with E-state index in [0.717, 1.165) is 66.1 Å². The molecule has 7 heteroatoms. The second-order valence-electron chi connectivity index (χ2n) is 10.3. The minimum Gasteiger partial charge on any atom is -0.497 e. The van der Waals surface area contributed by atoms with Crippen LogP contribution >= 0.6 is 0 Å². The molecule has 1 N–H and O–H groups in total. The van der Waals surface area contributed by atoms with Crippen molar-refractivity contribution in [1.82, 2.24) is 15.1 Å². The van der Waals surface area contributed by atoms with Gasteiger partial charge < -0.3 is 19.5 Å². The molecule has 1 aromatic heterocycles. The molecule has 6 rings (SSSR count). The third-order valence-electron chi connectivity index (χ3n) is 7.76. The van der Waals surface area contributed by atoms with Crippen molar-refractivity contribution in [2.45, 2.75) is 25.4 Å². The second kappa shape index (κ2) is 11.4. The molecule has 0 spiro atoms. The van der Waals surface area contributed by atoms with E-state index in [1.807, 2.05) is 36.4 Å². The lowest BCUT2D eigenvalue weighted by molar-refractivity contribution is 0.211. The molecule has 1 aliphatic rings. The molecule has 0 radical (unpaired) electrons. The van der Waals surface area contributed by atoms with E-state index < -0.39 is 0 Å². The predicted octanol–water partition coefficient (Wildman–Crippen LogP) is 6.55. The van der Waals surface area contributed by atoms with Gasteiger partial charge in [-0.05, 0) is 65.6 Å². The Morgan fingerprint density at radius 2 is 1.45 bits per heavy atom. The number of ether oxygens (including phenoxy) is 3. The molecular formula is C33H34N4O3. The topological polar surface area (TPSA) is 68.7 Å². The number of aromatic nitrogens is 2. The number of nitrogens with one attached hydrogen (secondary N) is 1. The zero-order valence-electron chi connectivity index (χ0n) is 23.2. The lowest BCUT2D eigenvalue weighted by atomic mass is 10.0. The van der Waals surface area contributed by atoms with E-state index in [1.54, 1.807) is 21.3 Å². The van der Waals surface area contributed by atoms with Crippen molar-refractivity contribution in [3.05, 3.63) is 84.4 Å². The maximum absolute atomic E-state index is 5.56. The molecule has 0 unspecified atom stereocenters. The van der Waals surface area contributed by atoms with Crippen molar-refractivity contribution in [2.24, 2.45) is 0 Å². The zero-order valence-corrected chi connectivity index (χ0v) is 23.2. The van der Waals surface area contributed by atoms with Crippen LogP contribution in [0.1, 0.15) is 18.4 Å². The molecule has 0 aliphatic carbocycles. The van der Waals surface area contributed by atoms with Crippen LogP contribution in [0.2, 0.25) is 0 Å². The van der Waals surface area contributed by atoms with Crippen LogP contribution in [0, 0.1) is 0 Å². The summed E-state index contributed by atoms with van der Waals surface area (Å²) >= 11 is 0. The first-order valence-electron chi connectivity index (χ1n) is 13.7. The lowest BCUT2D eigenvalue weighted by Crippen LogP contribution is -2.38. The van der Waals surface area contributed by atoms with Gasteiger partial charge in [0.05, 0.1) is 21.3 Å². The van der Waals surface area contributed by atoms with Gasteiger partial charge in [-0.1, -0.05) is 36.4 Å². The van der Waals surface area contributed by atoms with Crippen molar-refractivity contribution < 1.29 is 14.2 Å². The summed E-state index contributed by atoms with van der Waals surface area (Å²) in [4.78, 5) is 2.54. The quantitative estimate of drug-likeness (QED) is 0.242. The summed E-state index contributed by atoms with van der Waals surface area (Å²) in [5.41, 5.74) is 3.01. The normalized spacial score (nSPS) is 14.4. The molecule has 1 fully saturated rings. The summed E-state index contributed by atoms with van der Waals surface area (Å²) in [5, 5.41) is 17.6. The predicted molar refractivity (Wildman–Crippen MR) is 160 cm³/mol. The molecule has 0 saturated carbocycles. The van der Waals surface area contributed by atoms with Gasteiger partial charge in [0.1, 0.15) is 22.9 Å². The van der Waals surface area contributed by atoms with E-state index in [-0.39, 0.29) is 0 Å². The Bertz CT molecular complexity index is 1620. The van der Waals surface area contributed by atoms with E-state index in [2.05, 4.69) is 62.9 Å². The molecule has 40 heavy (non-hydrogen) atoms. The number of anilines is 1. The maximum atomic E-state index is 5.56. The maximum Gasteiger partial charge on any atom is 0.156 e. The highest BCUT2D eigenvalue weighted by Gasteiger charge is 2.22. The summed E-state index contributed by atoms with van der Waals surface area (Å²) in [5.74, 6) is 2.97. The first-order chi connectivity index (χ1) is 19.6. The van der Waals surface area contributed by atoms with Crippen LogP contribution in [0.4, 0.5) is 5.82 Å². The fourth-order valence-corrected chi connectivity index (χ4v) is 5.55. The Morgan fingerprint density at radius 1 is 0.725 bits per heavy atom. The second-order valence-corrected chi connectivity index (χ2v) is 10.3. The molecule has 1 aliphatic heterocycles. The number of nitrogens with zero attached hydrogens (tertiary/aromatic N) is 3. The zero-order chi connectivity index (χ0) is 27.5. The number of methoxy groups -OCH3 is 3. The van der Waals surface area contributed by atoms with Crippen LogP contribution in [0.25, 0.3) is 32.8 Å². The lowest BCUT2D eigenvalue weighted by Gasteiger charge is -2.32. The molecule has 2 heterocycles. The monoisotopic (exact) mass is 534 g/mol.